The van der Waals surface area contributed by atoms with Crippen LogP contribution in [0.3, 0.4) is 0 Å². The van der Waals surface area contributed by atoms with Crippen molar-refractivity contribution >= 4 is 11.6 Å². The number of aliphatic hydroxyl groups excluding tert-OH is 3. The summed E-state index contributed by atoms with van der Waals surface area (Å²) < 4.78 is 0. The number of rotatable bonds is 14. The highest BCUT2D eigenvalue weighted by Crippen LogP contribution is 2.22. The zero-order valence-corrected chi connectivity index (χ0v) is 18.3. The SMILES string of the molecule is CC(N)CC(C)CC(C)C(=O)C(O)C(O)C(O)C(=O)C(C)CC(C)CC(C)N. The summed E-state index contributed by atoms with van der Waals surface area (Å²) in [4.78, 5) is 24.8. The molecule has 0 heterocycles. The minimum atomic E-state index is -1.84. The summed E-state index contributed by atoms with van der Waals surface area (Å²) in [5.74, 6) is -1.81. The van der Waals surface area contributed by atoms with Crippen LogP contribution >= 0.6 is 0 Å². The van der Waals surface area contributed by atoms with Gasteiger partial charge in [-0.15, -0.1) is 0 Å². The number of aliphatic hydroxyl groups is 3. The molecule has 0 aliphatic rings. The lowest BCUT2D eigenvalue weighted by molar-refractivity contribution is -0.151. The summed E-state index contributed by atoms with van der Waals surface area (Å²) in [5.41, 5.74) is 11.5. The van der Waals surface area contributed by atoms with Crippen LogP contribution in [0, 0.1) is 23.7 Å². The molecule has 7 N–H and O–H groups in total. The van der Waals surface area contributed by atoms with E-state index in [1.54, 1.807) is 13.8 Å². The van der Waals surface area contributed by atoms with Crippen molar-refractivity contribution in [2.45, 2.75) is 97.6 Å². The Morgan fingerprint density at radius 2 is 0.929 bits per heavy atom. The number of carbonyl (C=O) groups excluding carboxylic acids is 2. The number of carbonyl (C=O) groups is 2. The second kappa shape index (κ2) is 12.6. The maximum absolute atomic E-state index is 12.4. The highest BCUT2D eigenvalue weighted by Gasteiger charge is 2.37. The van der Waals surface area contributed by atoms with Gasteiger partial charge in [0.2, 0.25) is 0 Å². The third kappa shape index (κ3) is 9.56. The largest absolute Gasteiger partial charge is 0.387 e. The lowest BCUT2D eigenvalue weighted by Gasteiger charge is -2.27. The summed E-state index contributed by atoms with van der Waals surface area (Å²) in [5, 5.41) is 30.6. The maximum Gasteiger partial charge on any atom is 0.166 e. The van der Waals surface area contributed by atoms with E-state index in [4.69, 9.17) is 11.5 Å². The maximum atomic E-state index is 12.4. The molecule has 7 heteroatoms. The van der Waals surface area contributed by atoms with Gasteiger partial charge >= 0.3 is 0 Å². The highest BCUT2D eigenvalue weighted by molar-refractivity contribution is 5.89. The number of ketones is 2. The second-order valence-electron chi connectivity index (χ2n) is 9.09. The fraction of sp³-hybridized carbons (Fsp3) is 0.905. The van der Waals surface area contributed by atoms with Gasteiger partial charge < -0.3 is 26.8 Å². The van der Waals surface area contributed by atoms with Crippen LogP contribution in [0.25, 0.3) is 0 Å². The van der Waals surface area contributed by atoms with Crippen molar-refractivity contribution < 1.29 is 24.9 Å². The molecule has 166 valence electrons. The van der Waals surface area contributed by atoms with E-state index >= 15 is 0 Å². The normalized spacial score (nSPS) is 21.7. The molecule has 0 aliphatic carbocycles. The van der Waals surface area contributed by atoms with E-state index in [1.807, 2.05) is 27.7 Å². The molecule has 0 aromatic carbocycles. The lowest BCUT2D eigenvalue weighted by atomic mass is 9.84. The van der Waals surface area contributed by atoms with E-state index in [9.17, 15) is 24.9 Å². The summed E-state index contributed by atoms with van der Waals surface area (Å²) >= 11 is 0. The molecule has 8 atom stereocenters. The van der Waals surface area contributed by atoms with Crippen LogP contribution in [0.5, 0.6) is 0 Å². The van der Waals surface area contributed by atoms with Crippen LogP contribution < -0.4 is 11.5 Å². The summed E-state index contributed by atoms with van der Waals surface area (Å²) in [6.07, 6.45) is -2.92. The van der Waals surface area contributed by atoms with Crippen LogP contribution in [0.1, 0.15) is 67.2 Å². The van der Waals surface area contributed by atoms with Gasteiger partial charge in [0.1, 0.15) is 18.3 Å². The monoisotopic (exact) mass is 402 g/mol. The Morgan fingerprint density at radius 1 is 0.643 bits per heavy atom. The van der Waals surface area contributed by atoms with Crippen molar-refractivity contribution in [2.75, 3.05) is 0 Å². The zero-order valence-electron chi connectivity index (χ0n) is 18.3. The highest BCUT2D eigenvalue weighted by atomic mass is 16.4. The van der Waals surface area contributed by atoms with Crippen LogP contribution in [0.2, 0.25) is 0 Å². The van der Waals surface area contributed by atoms with Crippen LogP contribution in [0.4, 0.5) is 0 Å². The Morgan fingerprint density at radius 3 is 1.18 bits per heavy atom. The summed E-state index contributed by atoms with van der Waals surface area (Å²) in [7, 11) is 0. The van der Waals surface area contributed by atoms with Gasteiger partial charge in [0.05, 0.1) is 0 Å². The van der Waals surface area contributed by atoms with Crippen molar-refractivity contribution in [1.29, 1.82) is 0 Å². The standard InChI is InChI=1S/C21H42N2O5/c1-11(9-15(5)22)7-13(3)17(24)19(26)21(28)20(27)18(25)14(4)8-12(2)10-16(6)23/h11-16,19-21,26-28H,7-10,22-23H2,1-6H3. The Labute approximate surface area is 169 Å². The molecule has 28 heavy (non-hydrogen) atoms. The van der Waals surface area contributed by atoms with Gasteiger partial charge in [-0.2, -0.15) is 0 Å². The molecular formula is C21H42N2O5. The molecule has 7 nitrogen and oxygen atoms in total. The van der Waals surface area contributed by atoms with Crippen molar-refractivity contribution in [2.24, 2.45) is 35.1 Å². The van der Waals surface area contributed by atoms with E-state index in [0.717, 1.165) is 12.8 Å². The first-order valence-electron chi connectivity index (χ1n) is 10.4. The molecule has 0 spiro atoms. The molecule has 0 rings (SSSR count). The minimum absolute atomic E-state index is 0.0124. The van der Waals surface area contributed by atoms with Gasteiger partial charge in [-0.25, -0.2) is 0 Å². The lowest BCUT2D eigenvalue weighted by Crippen LogP contribution is -2.48. The average Bonchev–Trinajstić information content (AvgIpc) is 2.56. The molecule has 0 saturated carbocycles. The topological polar surface area (TPSA) is 147 Å². The fourth-order valence-corrected chi connectivity index (χ4v) is 3.99. The first-order valence-corrected chi connectivity index (χ1v) is 10.4. The van der Waals surface area contributed by atoms with Gasteiger partial charge in [-0.1, -0.05) is 27.7 Å². The molecule has 0 aromatic heterocycles. The van der Waals surface area contributed by atoms with E-state index in [-0.39, 0.29) is 23.9 Å². The summed E-state index contributed by atoms with van der Waals surface area (Å²) in [6.45, 7) is 11.1. The van der Waals surface area contributed by atoms with Crippen molar-refractivity contribution in [1.82, 2.24) is 0 Å². The van der Waals surface area contributed by atoms with E-state index in [0.29, 0.717) is 12.8 Å². The van der Waals surface area contributed by atoms with E-state index in [2.05, 4.69) is 0 Å². The van der Waals surface area contributed by atoms with E-state index in [1.165, 1.54) is 0 Å². The molecule has 0 saturated heterocycles. The molecule has 0 aliphatic heterocycles. The average molecular weight is 403 g/mol. The molecule has 0 aromatic rings. The van der Waals surface area contributed by atoms with Crippen LogP contribution in [0.15, 0.2) is 0 Å². The second-order valence-corrected chi connectivity index (χ2v) is 9.09. The van der Waals surface area contributed by atoms with Crippen molar-refractivity contribution in [3.63, 3.8) is 0 Å². The molecule has 0 radical (unpaired) electrons. The van der Waals surface area contributed by atoms with Gasteiger partial charge in [-0.3, -0.25) is 9.59 Å². The Bertz CT molecular complexity index is 441. The number of Topliss-reactive ketones (excluding diaryl/α,β-unsaturated/α-hetero) is 2. The third-order valence-corrected chi connectivity index (χ3v) is 5.26. The first kappa shape index (κ1) is 27.1. The quantitative estimate of drug-likeness (QED) is 0.291. The molecule has 0 fully saturated rings. The van der Waals surface area contributed by atoms with E-state index < -0.39 is 41.7 Å². The number of nitrogens with two attached hydrogens (primary N) is 2. The third-order valence-electron chi connectivity index (χ3n) is 5.26. The predicted octanol–water partition coefficient (Wildman–Crippen LogP) is 1.01. The molecule has 0 amide bonds. The van der Waals surface area contributed by atoms with Crippen LogP contribution in [-0.4, -0.2) is 57.3 Å². The first-order chi connectivity index (χ1) is 12.8. The van der Waals surface area contributed by atoms with Gasteiger partial charge in [0.15, 0.2) is 11.6 Å². The van der Waals surface area contributed by atoms with Crippen LogP contribution in [-0.2, 0) is 9.59 Å². The minimum Gasteiger partial charge on any atom is -0.387 e. The van der Waals surface area contributed by atoms with Crippen molar-refractivity contribution in [3.05, 3.63) is 0 Å². The Kier molecular flexibility index (Phi) is 12.3. The smallest absolute Gasteiger partial charge is 0.166 e. The van der Waals surface area contributed by atoms with Gasteiger partial charge in [0, 0.05) is 23.9 Å². The number of hydrogen-bond donors (Lipinski definition) is 5. The summed E-state index contributed by atoms with van der Waals surface area (Å²) in [6, 6.07) is 0.0248. The fourth-order valence-electron chi connectivity index (χ4n) is 3.99. The van der Waals surface area contributed by atoms with Crippen molar-refractivity contribution in [3.8, 4) is 0 Å². The molecule has 8 unspecified atom stereocenters. The zero-order chi connectivity index (χ0) is 22.2. The Hall–Kier alpha value is -0.860. The van der Waals surface area contributed by atoms with Gasteiger partial charge in [-0.05, 0) is 51.4 Å². The number of hydrogen-bond acceptors (Lipinski definition) is 7. The predicted molar refractivity (Wildman–Crippen MR) is 110 cm³/mol. The molecule has 0 bridgehead atoms. The Balaban J connectivity index is 4.79. The molecular weight excluding hydrogens is 360 g/mol. The van der Waals surface area contributed by atoms with Gasteiger partial charge in [0.25, 0.3) is 0 Å².